The summed E-state index contributed by atoms with van der Waals surface area (Å²) in [5.41, 5.74) is -1.07. The van der Waals surface area contributed by atoms with Gasteiger partial charge in [-0.2, -0.15) is 0 Å². The van der Waals surface area contributed by atoms with E-state index in [4.69, 9.17) is 14.2 Å². The van der Waals surface area contributed by atoms with Gasteiger partial charge in [-0.05, 0) is 12.2 Å². The van der Waals surface area contributed by atoms with E-state index >= 15 is 0 Å². The van der Waals surface area contributed by atoms with Crippen LogP contribution >= 0.6 is 0 Å². The first-order valence-electron chi connectivity index (χ1n) is 4.21. The van der Waals surface area contributed by atoms with E-state index < -0.39 is 11.7 Å². The molecule has 0 heterocycles. The molecule has 0 aromatic carbocycles. The second-order valence-electron chi connectivity index (χ2n) is 2.92. The Bertz CT molecular complexity index is 269. The van der Waals surface area contributed by atoms with Gasteiger partial charge in [-0.15, -0.1) is 0 Å². The minimum Gasteiger partial charge on any atom is -0.498 e. The molecule has 14 heavy (non-hydrogen) atoms. The lowest BCUT2D eigenvalue weighted by molar-refractivity contribution is -0.137. The Morgan fingerprint density at radius 1 is 1.43 bits per heavy atom. The smallest absolute Gasteiger partial charge is 0.174 e. The number of carbonyl (C=O) groups excluding carboxylic acids is 1. The maximum absolute atomic E-state index is 11.0. The normalized spacial score (nSPS) is 31.1. The Morgan fingerprint density at radius 3 is 2.57 bits per heavy atom. The number of hydrogen-bond acceptors (Lipinski definition) is 4. The lowest BCUT2D eigenvalue weighted by Gasteiger charge is -2.33. The standard InChI is InChI=1S/C10H14O4/c1-12-8-5-4-6-10(7-11,14-3)9(8)13-2/h4-7,9H,1-3H3. The molecule has 78 valence electrons. The number of hydrogen-bond donors (Lipinski definition) is 0. The molecule has 0 radical (unpaired) electrons. The maximum atomic E-state index is 11.0. The summed E-state index contributed by atoms with van der Waals surface area (Å²) in [6.45, 7) is 0. The molecule has 4 nitrogen and oxygen atoms in total. The van der Waals surface area contributed by atoms with E-state index in [0.29, 0.717) is 12.0 Å². The fraction of sp³-hybridized carbons (Fsp3) is 0.500. The number of ether oxygens (including phenoxy) is 3. The molecular formula is C10H14O4. The van der Waals surface area contributed by atoms with Crippen molar-refractivity contribution in [3.8, 4) is 0 Å². The third kappa shape index (κ3) is 1.58. The second-order valence-corrected chi connectivity index (χ2v) is 2.92. The van der Waals surface area contributed by atoms with E-state index in [9.17, 15) is 4.79 Å². The molecule has 0 spiro atoms. The third-order valence-corrected chi connectivity index (χ3v) is 2.29. The summed E-state index contributed by atoms with van der Waals surface area (Å²) in [4.78, 5) is 11.0. The molecule has 0 N–H and O–H groups in total. The van der Waals surface area contributed by atoms with Gasteiger partial charge >= 0.3 is 0 Å². The number of rotatable bonds is 4. The van der Waals surface area contributed by atoms with E-state index in [1.165, 1.54) is 21.3 Å². The van der Waals surface area contributed by atoms with E-state index in [-0.39, 0.29) is 0 Å². The van der Waals surface area contributed by atoms with Crippen molar-refractivity contribution < 1.29 is 19.0 Å². The SMILES string of the molecule is COC1=CC=CC(C=O)(OC)C1OC. The molecule has 1 rings (SSSR count). The van der Waals surface area contributed by atoms with Crippen molar-refractivity contribution >= 4 is 6.29 Å². The fourth-order valence-corrected chi connectivity index (χ4v) is 1.49. The van der Waals surface area contributed by atoms with Gasteiger partial charge in [0.25, 0.3) is 0 Å². The monoisotopic (exact) mass is 198 g/mol. The lowest BCUT2D eigenvalue weighted by Crippen LogP contribution is -2.47. The first kappa shape index (κ1) is 10.9. The van der Waals surface area contributed by atoms with Crippen LogP contribution in [-0.2, 0) is 19.0 Å². The van der Waals surface area contributed by atoms with Crippen molar-refractivity contribution in [1.82, 2.24) is 0 Å². The number of carbonyl (C=O) groups is 1. The minimum atomic E-state index is -1.07. The molecule has 0 saturated carbocycles. The highest BCUT2D eigenvalue weighted by Gasteiger charge is 2.41. The predicted molar refractivity (Wildman–Crippen MR) is 50.8 cm³/mol. The minimum absolute atomic E-state index is 0.528. The third-order valence-electron chi connectivity index (χ3n) is 2.29. The van der Waals surface area contributed by atoms with Gasteiger partial charge in [0.15, 0.2) is 18.0 Å². The summed E-state index contributed by atoms with van der Waals surface area (Å²) in [5, 5.41) is 0. The number of allylic oxidation sites excluding steroid dienone is 2. The Labute approximate surface area is 83.1 Å². The van der Waals surface area contributed by atoms with Crippen molar-refractivity contribution in [3.05, 3.63) is 24.0 Å². The molecule has 0 aromatic rings. The molecular weight excluding hydrogens is 184 g/mol. The average Bonchev–Trinajstić information content (AvgIpc) is 2.27. The first-order chi connectivity index (χ1) is 6.74. The van der Waals surface area contributed by atoms with Crippen molar-refractivity contribution in [3.63, 3.8) is 0 Å². The zero-order chi connectivity index (χ0) is 10.6. The van der Waals surface area contributed by atoms with Gasteiger partial charge in [0.05, 0.1) is 7.11 Å². The van der Waals surface area contributed by atoms with Crippen molar-refractivity contribution in [2.75, 3.05) is 21.3 Å². The quantitative estimate of drug-likeness (QED) is 0.623. The largest absolute Gasteiger partial charge is 0.498 e. The predicted octanol–water partition coefficient (Wildman–Crippen LogP) is 0.686. The molecule has 4 heteroatoms. The van der Waals surface area contributed by atoms with Gasteiger partial charge in [-0.1, -0.05) is 6.08 Å². The summed E-state index contributed by atoms with van der Waals surface area (Å²) in [6, 6.07) is 0. The van der Waals surface area contributed by atoms with Gasteiger partial charge in [-0.25, -0.2) is 0 Å². The Morgan fingerprint density at radius 2 is 2.14 bits per heavy atom. The summed E-state index contributed by atoms with van der Waals surface area (Å²) >= 11 is 0. The lowest BCUT2D eigenvalue weighted by atomic mass is 9.92. The van der Waals surface area contributed by atoms with Gasteiger partial charge in [0, 0.05) is 14.2 Å². The number of aldehydes is 1. The Balaban J connectivity index is 3.04. The van der Waals surface area contributed by atoms with Crippen LogP contribution in [-0.4, -0.2) is 39.3 Å². The zero-order valence-corrected chi connectivity index (χ0v) is 8.52. The fourth-order valence-electron chi connectivity index (χ4n) is 1.49. The summed E-state index contributed by atoms with van der Waals surface area (Å²) in [7, 11) is 4.50. The average molecular weight is 198 g/mol. The first-order valence-corrected chi connectivity index (χ1v) is 4.21. The highest BCUT2D eigenvalue weighted by molar-refractivity contribution is 5.69. The van der Waals surface area contributed by atoms with Crippen LogP contribution in [0.15, 0.2) is 24.0 Å². The molecule has 2 atom stereocenters. The van der Waals surface area contributed by atoms with Gasteiger partial charge in [-0.3, -0.25) is 4.79 Å². The van der Waals surface area contributed by atoms with Crippen LogP contribution in [0.5, 0.6) is 0 Å². The molecule has 2 unspecified atom stereocenters. The number of methoxy groups -OCH3 is 3. The summed E-state index contributed by atoms with van der Waals surface area (Å²) < 4.78 is 15.5. The molecule has 1 aliphatic carbocycles. The van der Waals surface area contributed by atoms with Crippen molar-refractivity contribution in [1.29, 1.82) is 0 Å². The van der Waals surface area contributed by atoms with Crippen LogP contribution in [0.3, 0.4) is 0 Å². The molecule has 0 bridgehead atoms. The molecule has 0 aromatic heterocycles. The highest BCUT2D eigenvalue weighted by atomic mass is 16.6. The van der Waals surface area contributed by atoms with Crippen molar-refractivity contribution in [2.45, 2.75) is 11.7 Å². The van der Waals surface area contributed by atoms with E-state index in [1.54, 1.807) is 18.2 Å². The van der Waals surface area contributed by atoms with Crippen LogP contribution in [0, 0.1) is 0 Å². The van der Waals surface area contributed by atoms with Crippen LogP contribution < -0.4 is 0 Å². The van der Waals surface area contributed by atoms with Crippen LogP contribution in [0.1, 0.15) is 0 Å². The van der Waals surface area contributed by atoms with E-state index in [2.05, 4.69) is 0 Å². The molecule has 0 saturated heterocycles. The molecule has 0 amide bonds. The van der Waals surface area contributed by atoms with Crippen LogP contribution in [0.2, 0.25) is 0 Å². The van der Waals surface area contributed by atoms with Crippen molar-refractivity contribution in [2.24, 2.45) is 0 Å². The van der Waals surface area contributed by atoms with Gasteiger partial charge in [0.1, 0.15) is 5.76 Å². The van der Waals surface area contributed by atoms with Crippen LogP contribution in [0.4, 0.5) is 0 Å². The van der Waals surface area contributed by atoms with E-state index in [1.807, 2.05) is 0 Å². The topological polar surface area (TPSA) is 44.8 Å². The van der Waals surface area contributed by atoms with E-state index in [0.717, 1.165) is 0 Å². The molecule has 0 fully saturated rings. The van der Waals surface area contributed by atoms with Crippen LogP contribution in [0.25, 0.3) is 0 Å². The molecule has 1 aliphatic rings. The molecule has 0 aliphatic heterocycles. The summed E-state index contributed by atoms with van der Waals surface area (Å²) in [5.74, 6) is 0.573. The van der Waals surface area contributed by atoms with Gasteiger partial charge < -0.3 is 14.2 Å². The highest BCUT2D eigenvalue weighted by Crippen LogP contribution is 2.27. The maximum Gasteiger partial charge on any atom is 0.174 e. The summed E-state index contributed by atoms with van der Waals surface area (Å²) in [6.07, 6.45) is 5.29. The Kier molecular flexibility index (Phi) is 3.43. The second kappa shape index (κ2) is 4.39. The Hall–Kier alpha value is -1.13. The van der Waals surface area contributed by atoms with Gasteiger partial charge in [0.2, 0.25) is 0 Å². The zero-order valence-electron chi connectivity index (χ0n) is 8.52.